The van der Waals surface area contributed by atoms with Gasteiger partial charge in [0.15, 0.2) is 0 Å². The second-order valence-electron chi connectivity index (χ2n) is 9.80. The Morgan fingerprint density at radius 1 is 1.02 bits per heavy atom. The van der Waals surface area contributed by atoms with Crippen LogP contribution in [-0.4, -0.2) is 47.1 Å². The van der Waals surface area contributed by atoms with Crippen LogP contribution in [-0.2, 0) is 16.1 Å². The smallest absolute Gasteiger partial charge is 0.249 e. The summed E-state index contributed by atoms with van der Waals surface area (Å²) in [4.78, 5) is 29.6. The quantitative estimate of drug-likeness (QED) is 0.324. The summed E-state index contributed by atoms with van der Waals surface area (Å²) >= 11 is 0. The number of ether oxygens (including phenoxy) is 2. The molecule has 1 aliphatic rings. The fourth-order valence-corrected chi connectivity index (χ4v) is 5.28. The molecule has 4 aromatic rings. The number of hydrogen-bond acceptors (Lipinski definition) is 6. The summed E-state index contributed by atoms with van der Waals surface area (Å²) in [6.45, 7) is -0.270. The summed E-state index contributed by atoms with van der Waals surface area (Å²) < 4.78 is 28.0. The molecule has 1 N–H and O–H groups in total. The van der Waals surface area contributed by atoms with Crippen molar-refractivity contribution in [3.63, 3.8) is 0 Å². The summed E-state index contributed by atoms with van der Waals surface area (Å²) in [5, 5.41) is 11.4. The molecule has 5 rings (SSSR count). The number of nitrogens with zero attached hydrogens (tertiary/aromatic N) is 4. The summed E-state index contributed by atoms with van der Waals surface area (Å²) in [5.41, 5.74) is 1.60. The average molecular weight is 546 g/mol. The van der Waals surface area contributed by atoms with Crippen molar-refractivity contribution in [3.8, 4) is 11.5 Å². The van der Waals surface area contributed by atoms with E-state index >= 15 is 4.39 Å². The summed E-state index contributed by atoms with van der Waals surface area (Å²) in [7, 11) is 3.00. The largest absolute Gasteiger partial charge is 0.497 e. The zero-order chi connectivity index (χ0) is 28.1. The number of carbonyl (C=O) groups is 2. The molecule has 0 saturated heterocycles. The normalized spacial score (nSPS) is 14.5. The van der Waals surface area contributed by atoms with Crippen LogP contribution >= 0.6 is 0 Å². The standard InChI is InChI=1S/C30H32FN5O4/c1-39-21-16-17-27(40-2)22(18-21)29(30(38)32-20-10-4-3-5-11-20)36(25-14-8-6-12-23(25)31)28(37)19-35-26-15-9-7-13-24(26)33-34-35/h6-9,12-18,20,29H,3-5,10-11,19H2,1-2H3,(H,32,38). The molecule has 1 aliphatic carbocycles. The maximum Gasteiger partial charge on any atom is 0.249 e. The predicted octanol–water partition coefficient (Wildman–Crippen LogP) is 4.81. The monoisotopic (exact) mass is 545 g/mol. The lowest BCUT2D eigenvalue weighted by atomic mass is 9.94. The first-order valence-corrected chi connectivity index (χ1v) is 13.4. The van der Waals surface area contributed by atoms with Crippen LogP contribution in [0.2, 0.25) is 0 Å². The molecule has 1 heterocycles. The van der Waals surface area contributed by atoms with Gasteiger partial charge in [-0.15, -0.1) is 5.10 Å². The van der Waals surface area contributed by atoms with Crippen molar-refractivity contribution in [2.45, 2.75) is 50.7 Å². The Balaban J connectivity index is 1.64. The Labute approximate surface area is 231 Å². The van der Waals surface area contributed by atoms with E-state index in [-0.39, 0.29) is 18.3 Å². The molecular formula is C30H32FN5O4. The van der Waals surface area contributed by atoms with E-state index in [9.17, 15) is 9.59 Å². The SMILES string of the molecule is COc1ccc(OC)c(C(C(=O)NC2CCCCC2)N(C(=O)Cn2nnc3ccccc32)c2ccccc2F)c1. The van der Waals surface area contributed by atoms with Gasteiger partial charge in [0.05, 0.1) is 25.4 Å². The number of benzene rings is 3. The van der Waals surface area contributed by atoms with Crippen molar-refractivity contribution >= 4 is 28.5 Å². The zero-order valence-electron chi connectivity index (χ0n) is 22.5. The number of nitrogens with one attached hydrogen (secondary N) is 1. The third-order valence-electron chi connectivity index (χ3n) is 7.28. The second-order valence-corrected chi connectivity index (χ2v) is 9.80. The van der Waals surface area contributed by atoms with Crippen LogP contribution in [0.4, 0.5) is 10.1 Å². The molecule has 1 atom stereocenters. The van der Waals surface area contributed by atoms with E-state index in [1.807, 2.05) is 12.1 Å². The number of aromatic nitrogens is 3. The van der Waals surface area contributed by atoms with Gasteiger partial charge in [-0.05, 0) is 55.3 Å². The van der Waals surface area contributed by atoms with Gasteiger partial charge in [-0.1, -0.05) is 48.7 Å². The number of halogens is 1. The maximum absolute atomic E-state index is 15.4. The Bertz CT molecular complexity index is 1500. The average Bonchev–Trinajstić information content (AvgIpc) is 3.39. The van der Waals surface area contributed by atoms with E-state index in [1.165, 1.54) is 42.0 Å². The second kappa shape index (κ2) is 12.1. The number of fused-ring (bicyclic) bond motifs is 1. The Morgan fingerprint density at radius 2 is 1.77 bits per heavy atom. The minimum atomic E-state index is -1.26. The Hall–Kier alpha value is -4.47. The van der Waals surface area contributed by atoms with Crippen molar-refractivity contribution in [3.05, 3.63) is 78.1 Å². The van der Waals surface area contributed by atoms with Crippen LogP contribution in [0.25, 0.3) is 11.0 Å². The fraction of sp³-hybridized carbons (Fsp3) is 0.333. The van der Waals surface area contributed by atoms with Gasteiger partial charge in [0.25, 0.3) is 0 Å². The molecule has 10 heteroatoms. The van der Waals surface area contributed by atoms with Gasteiger partial charge in [0.1, 0.15) is 35.4 Å². The van der Waals surface area contributed by atoms with Gasteiger partial charge < -0.3 is 14.8 Å². The number of rotatable bonds is 9. The van der Waals surface area contributed by atoms with E-state index in [1.54, 1.807) is 36.4 Å². The molecule has 1 aromatic heterocycles. The summed E-state index contributed by atoms with van der Waals surface area (Å²) in [6.07, 6.45) is 4.81. The molecule has 0 aliphatic heterocycles. The van der Waals surface area contributed by atoms with Gasteiger partial charge in [-0.25, -0.2) is 9.07 Å². The van der Waals surface area contributed by atoms with Crippen LogP contribution < -0.4 is 19.7 Å². The highest BCUT2D eigenvalue weighted by molar-refractivity contribution is 6.02. The van der Waals surface area contributed by atoms with E-state index < -0.39 is 23.7 Å². The highest BCUT2D eigenvalue weighted by Crippen LogP contribution is 2.37. The molecule has 0 radical (unpaired) electrons. The lowest BCUT2D eigenvalue weighted by Crippen LogP contribution is -2.48. The van der Waals surface area contributed by atoms with Crippen molar-refractivity contribution in [2.75, 3.05) is 19.1 Å². The number of anilines is 1. The molecule has 1 fully saturated rings. The van der Waals surface area contributed by atoms with Crippen LogP contribution in [0.5, 0.6) is 11.5 Å². The van der Waals surface area contributed by atoms with E-state index in [0.29, 0.717) is 28.1 Å². The number of carbonyl (C=O) groups excluding carboxylic acids is 2. The summed E-state index contributed by atoms with van der Waals surface area (Å²) in [6, 6.07) is 16.9. The minimum Gasteiger partial charge on any atom is -0.497 e. The van der Waals surface area contributed by atoms with Gasteiger partial charge in [-0.2, -0.15) is 0 Å². The molecule has 0 bridgehead atoms. The molecule has 9 nitrogen and oxygen atoms in total. The van der Waals surface area contributed by atoms with E-state index in [4.69, 9.17) is 9.47 Å². The number of amides is 2. The predicted molar refractivity (Wildman–Crippen MR) is 149 cm³/mol. The molecular weight excluding hydrogens is 513 g/mol. The molecule has 1 saturated carbocycles. The fourth-order valence-electron chi connectivity index (χ4n) is 5.28. The molecule has 1 unspecified atom stereocenters. The third-order valence-corrected chi connectivity index (χ3v) is 7.28. The van der Waals surface area contributed by atoms with Crippen molar-refractivity contribution in [1.29, 1.82) is 0 Å². The van der Waals surface area contributed by atoms with Gasteiger partial charge in [0.2, 0.25) is 11.8 Å². The number of hydrogen-bond donors (Lipinski definition) is 1. The first-order valence-electron chi connectivity index (χ1n) is 13.4. The van der Waals surface area contributed by atoms with Crippen molar-refractivity contribution in [2.24, 2.45) is 0 Å². The highest BCUT2D eigenvalue weighted by Gasteiger charge is 2.37. The molecule has 40 heavy (non-hydrogen) atoms. The first-order chi connectivity index (χ1) is 19.5. The van der Waals surface area contributed by atoms with Crippen LogP contribution in [0.1, 0.15) is 43.7 Å². The van der Waals surface area contributed by atoms with E-state index in [2.05, 4.69) is 15.6 Å². The van der Waals surface area contributed by atoms with Crippen LogP contribution in [0.3, 0.4) is 0 Å². The van der Waals surface area contributed by atoms with E-state index in [0.717, 1.165) is 32.1 Å². The third kappa shape index (κ3) is 5.61. The molecule has 0 spiro atoms. The van der Waals surface area contributed by atoms with Crippen molar-refractivity contribution in [1.82, 2.24) is 20.3 Å². The molecule has 3 aromatic carbocycles. The minimum absolute atomic E-state index is 0.0365. The molecule has 2 amide bonds. The highest BCUT2D eigenvalue weighted by atomic mass is 19.1. The van der Waals surface area contributed by atoms with Gasteiger partial charge in [0, 0.05) is 11.6 Å². The molecule has 208 valence electrons. The van der Waals surface area contributed by atoms with Gasteiger partial charge >= 0.3 is 0 Å². The van der Waals surface area contributed by atoms with Crippen LogP contribution in [0, 0.1) is 5.82 Å². The maximum atomic E-state index is 15.4. The number of methoxy groups -OCH3 is 2. The van der Waals surface area contributed by atoms with Crippen LogP contribution in [0.15, 0.2) is 66.7 Å². The summed E-state index contributed by atoms with van der Waals surface area (Å²) in [5.74, 6) is -0.788. The number of para-hydroxylation sites is 2. The Kier molecular flexibility index (Phi) is 8.23. The van der Waals surface area contributed by atoms with Gasteiger partial charge in [-0.3, -0.25) is 14.5 Å². The topological polar surface area (TPSA) is 98.6 Å². The Morgan fingerprint density at radius 3 is 2.52 bits per heavy atom. The lowest BCUT2D eigenvalue weighted by molar-refractivity contribution is -0.127. The zero-order valence-corrected chi connectivity index (χ0v) is 22.5. The van der Waals surface area contributed by atoms with Crippen molar-refractivity contribution < 1.29 is 23.5 Å². The first kappa shape index (κ1) is 27.1. The lowest BCUT2D eigenvalue weighted by Gasteiger charge is -2.34.